The van der Waals surface area contributed by atoms with E-state index in [0.29, 0.717) is 59.1 Å². The van der Waals surface area contributed by atoms with Gasteiger partial charge in [-0.2, -0.15) is 0 Å². The third kappa shape index (κ3) is 8.93. The maximum atomic E-state index is 14.2. The van der Waals surface area contributed by atoms with Gasteiger partial charge in [-0.05, 0) is 107 Å². The van der Waals surface area contributed by atoms with Gasteiger partial charge in [0.15, 0.2) is 34.9 Å². The van der Waals surface area contributed by atoms with Crippen LogP contribution in [0.5, 0.6) is 17.2 Å². The first-order chi connectivity index (χ1) is 33.5. The second-order valence-electron chi connectivity index (χ2n) is 17.7. The number of aromatic hydroxyl groups is 3. The van der Waals surface area contributed by atoms with E-state index in [1.165, 1.54) is 54.6 Å². The second kappa shape index (κ2) is 20.7. The van der Waals surface area contributed by atoms with E-state index >= 15 is 0 Å². The fourth-order valence-corrected chi connectivity index (χ4v) is 10.0. The van der Waals surface area contributed by atoms with Crippen LogP contribution in [0.4, 0.5) is 43.4 Å². The third-order valence-electron chi connectivity index (χ3n) is 13.6. The van der Waals surface area contributed by atoms with Crippen molar-refractivity contribution in [2.45, 2.75) is 101 Å². The van der Waals surface area contributed by atoms with E-state index in [0.717, 1.165) is 56.7 Å². The Bertz CT molecular complexity index is 2780. The zero-order valence-electron chi connectivity index (χ0n) is 38.8. The lowest BCUT2D eigenvalue weighted by Crippen LogP contribution is -2.35. The number of nitrogens with one attached hydrogen (secondary N) is 3. The number of unbranched alkanes of at least 4 members (excludes halogenated alkanes) is 4. The summed E-state index contributed by atoms with van der Waals surface area (Å²) in [6, 6.07) is 26.5. The van der Waals surface area contributed by atoms with Crippen molar-refractivity contribution in [3.63, 3.8) is 0 Å². The van der Waals surface area contributed by atoms with Crippen molar-refractivity contribution in [3.8, 4) is 17.2 Å². The van der Waals surface area contributed by atoms with Gasteiger partial charge >= 0.3 is 0 Å². The summed E-state index contributed by atoms with van der Waals surface area (Å²) < 4.78 is 82.9. The summed E-state index contributed by atoms with van der Waals surface area (Å²) in [7, 11) is 0. The number of carbonyl (C=O) groups excluding carboxylic acids is 3. The average Bonchev–Trinajstić information content (AvgIpc) is 3.93. The Kier molecular flexibility index (Phi) is 15.0. The van der Waals surface area contributed by atoms with Crippen LogP contribution in [-0.2, 0) is 30.6 Å². The summed E-state index contributed by atoms with van der Waals surface area (Å²) in [6.07, 6.45) is 7.54. The molecule has 3 unspecified atom stereocenters. The largest absolute Gasteiger partial charge is 0.508 e. The van der Waals surface area contributed by atoms with Gasteiger partial charge in [-0.15, -0.1) is 0 Å². The highest BCUT2D eigenvalue weighted by Gasteiger charge is 2.51. The maximum absolute atomic E-state index is 14.2. The maximum Gasteiger partial charge on any atom is 0.239 e. The van der Waals surface area contributed by atoms with E-state index in [4.69, 9.17) is 0 Å². The molecular formula is C55H53F6N3O6. The highest BCUT2D eigenvalue weighted by Crippen LogP contribution is 2.50. The van der Waals surface area contributed by atoms with Gasteiger partial charge in [-0.3, -0.25) is 14.4 Å². The molecule has 6 N–H and O–H groups in total. The van der Waals surface area contributed by atoms with Crippen LogP contribution >= 0.6 is 0 Å². The first-order valence-corrected chi connectivity index (χ1v) is 23.3. The lowest BCUT2D eigenvalue weighted by molar-refractivity contribution is -0.120. The smallest absolute Gasteiger partial charge is 0.239 e. The van der Waals surface area contributed by atoms with Crippen molar-refractivity contribution in [1.82, 2.24) is 0 Å². The van der Waals surface area contributed by atoms with Gasteiger partial charge in [-0.1, -0.05) is 120 Å². The molecule has 0 spiro atoms. The molecular weight excluding hydrogens is 913 g/mol. The number of amides is 3. The number of phenolic OH excluding ortho intramolecular Hbond substituents is 3. The molecule has 0 radical (unpaired) electrons. The molecule has 70 heavy (non-hydrogen) atoms. The Morgan fingerprint density at radius 3 is 0.900 bits per heavy atom. The van der Waals surface area contributed by atoms with Gasteiger partial charge in [0.1, 0.15) is 33.5 Å². The molecule has 0 bridgehead atoms. The van der Waals surface area contributed by atoms with Gasteiger partial charge in [-0.25, -0.2) is 26.3 Å². The van der Waals surface area contributed by atoms with E-state index in [1.807, 2.05) is 6.92 Å². The lowest BCUT2D eigenvalue weighted by atomic mass is 9.71. The Balaban J connectivity index is 0.000000155. The van der Waals surface area contributed by atoms with Crippen LogP contribution in [0.2, 0.25) is 0 Å². The van der Waals surface area contributed by atoms with Crippen molar-refractivity contribution >= 4 is 34.8 Å². The molecule has 0 fully saturated rings. The van der Waals surface area contributed by atoms with Gasteiger partial charge in [0, 0.05) is 0 Å². The fraction of sp³-hybridized carbons (Fsp3) is 0.291. The van der Waals surface area contributed by atoms with Crippen LogP contribution in [0.15, 0.2) is 109 Å². The summed E-state index contributed by atoms with van der Waals surface area (Å²) in [4.78, 5) is 38.3. The predicted molar refractivity (Wildman–Crippen MR) is 255 cm³/mol. The molecule has 3 heterocycles. The molecule has 0 aromatic heterocycles. The second-order valence-corrected chi connectivity index (χ2v) is 17.7. The van der Waals surface area contributed by atoms with Crippen molar-refractivity contribution in [2.75, 3.05) is 16.0 Å². The molecule has 3 aliphatic rings. The zero-order chi connectivity index (χ0) is 50.5. The normalized spacial score (nSPS) is 19.4. The highest BCUT2D eigenvalue weighted by molar-refractivity contribution is 6.10. The molecule has 6 aromatic rings. The van der Waals surface area contributed by atoms with Gasteiger partial charge in [0.05, 0.1) is 17.1 Å². The minimum atomic E-state index is -1.06. The molecule has 3 aliphatic heterocycles. The first-order valence-electron chi connectivity index (χ1n) is 23.3. The molecule has 15 heteroatoms. The van der Waals surface area contributed by atoms with Crippen molar-refractivity contribution < 1.29 is 56.0 Å². The number of anilines is 3. The first kappa shape index (κ1) is 50.6. The molecule has 366 valence electrons. The van der Waals surface area contributed by atoms with E-state index < -0.39 is 51.1 Å². The minimum absolute atomic E-state index is 0.0791. The third-order valence-corrected chi connectivity index (χ3v) is 13.6. The molecule has 3 atom stereocenters. The fourth-order valence-electron chi connectivity index (χ4n) is 10.0. The topological polar surface area (TPSA) is 148 Å². The van der Waals surface area contributed by atoms with Crippen molar-refractivity contribution in [1.29, 1.82) is 0 Å². The van der Waals surface area contributed by atoms with E-state index in [1.54, 1.807) is 36.4 Å². The number of rotatable bonds is 13. The highest BCUT2D eigenvalue weighted by atomic mass is 19.2. The zero-order valence-corrected chi connectivity index (χ0v) is 38.8. The molecule has 3 amide bonds. The number of halogens is 6. The Hall–Kier alpha value is -7.29. The standard InChI is InChI=1S/2C19H19F2NO2.C17H15F2NO2/c2*1-2-3-4-11-19(12-5-7-13(23)8-6-12)14-9-10-15(20)16(21)17(14)22-18(19)24;1-2-9-17(10-3-5-11(21)6-4-10)12-7-8-13(18)14(19)15(12)20-16(17)22/h2*5-10,23H,2-4,11H2,1H3,(H,22,24);3-8,21H,2,9H2,1H3,(H,20,22). The molecule has 9 nitrogen and oxygen atoms in total. The number of phenols is 3. The van der Waals surface area contributed by atoms with Crippen molar-refractivity contribution in [3.05, 3.63) is 177 Å². The number of fused-ring (bicyclic) bond motifs is 3. The van der Waals surface area contributed by atoms with Crippen LogP contribution < -0.4 is 16.0 Å². The number of benzene rings is 6. The van der Waals surface area contributed by atoms with Gasteiger partial charge in [0.25, 0.3) is 0 Å². The van der Waals surface area contributed by atoms with E-state index in [2.05, 4.69) is 29.8 Å². The molecule has 0 saturated carbocycles. The van der Waals surface area contributed by atoms with Gasteiger partial charge in [0.2, 0.25) is 17.7 Å². The summed E-state index contributed by atoms with van der Waals surface area (Å²) in [6.45, 7) is 6.04. The molecule has 0 aliphatic carbocycles. The Morgan fingerprint density at radius 1 is 0.371 bits per heavy atom. The summed E-state index contributed by atoms with van der Waals surface area (Å²) >= 11 is 0. The Morgan fingerprint density at radius 2 is 0.643 bits per heavy atom. The monoisotopic (exact) mass is 965 g/mol. The van der Waals surface area contributed by atoms with E-state index in [9.17, 15) is 56.0 Å². The average molecular weight is 966 g/mol. The lowest BCUT2D eigenvalue weighted by Gasteiger charge is -2.28. The quantitative estimate of drug-likeness (QED) is 0.0502. The van der Waals surface area contributed by atoms with E-state index in [-0.39, 0.29) is 52.0 Å². The summed E-state index contributed by atoms with van der Waals surface area (Å²) in [5.41, 5.74) is -0.121. The SMILES string of the molecule is CCCC1(c2ccc(O)cc2)C(=O)Nc2c1ccc(F)c2F.CCCCCC1(c2ccc(O)cc2)C(=O)Nc2c1ccc(F)c2F.CCCCCC1(c2ccc(O)cc2)C(=O)Nc2c1ccc(F)c2F. The van der Waals surface area contributed by atoms with Crippen LogP contribution in [0.3, 0.4) is 0 Å². The summed E-state index contributed by atoms with van der Waals surface area (Å²) in [5.74, 6) is -6.88. The van der Waals surface area contributed by atoms with Crippen LogP contribution in [0.1, 0.15) is 118 Å². The van der Waals surface area contributed by atoms with Crippen LogP contribution in [0.25, 0.3) is 0 Å². The Labute approximate surface area is 401 Å². The van der Waals surface area contributed by atoms with Gasteiger partial charge < -0.3 is 31.3 Å². The number of carbonyl (C=O) groups is 3. The molecule has 0 saturated heterocycles. The predicted octanol–water partition coefficient (Wildman–Crippen LogP) is 12.7. The van der Waals surface area contributed by atoms with Crippen LogP contribution in [-0.4, -0.2) is 33.0 Å². The number of hydrogen-bond acceptors (Lipinski definition) is 6. The molecule has 6 aromatic carbocycles. The number of hydrogen-bond donors (Lipinski definition) is 6. The van der Waals surface area contributed by atoms with Crippen molar-refractivity contribution in [2.24, 2.45) is 0 Å². The minimum Gasteiger partial charge on any atom is -0.508 e. The summed E-state index contributed by atoms with van der Waals surface area (Å²) in [5, 5.41) is 36.0. The van der Waals surface area contributed by atoms with Crippen LogP contribution in [0, 0.1) is 34.9 Å². The molecule has 9 rings (SSSR count).